The van der Waals surface area contributed by atoms with E-state index in [0.29, 0.717) is 11.6 Å². The number of pyridine rings is 1. The quantitative estimate of drug-likeness (QED) is 0.765. The van der Waals surface area contributed by atoms with Gasteiger partial charge in [-0.1, -0.05) is 19.1 Å². The third kappa shape index (κ3) is 4.74. The van der Waals surface area contributed by atoms with Gasteiger partial charge in [-0.3, -0.25) is 9.62 Å². The number of benzene rings is 1. The minimum atomic E-state index is -3.70. The highest BCUT2D eigenvalue weighted by molar-refractivity contribution is 7.92. The summed E-state index contributed by atoms with van der Waals surface area (Å²) in [4.78, 5) is 9.36. The molecule has 1 fully saturated rings. The van der Waals surface area contributed by atoms with Gasteiger partial charge >= 0.3 is 0 Å². The fourth-order valence-electron chi connectivity index (χ4n) is 3.36. The van der Waals surface area contributed by atoms with Crippen LogP contribution >= 0.6 is 0 Å². The molecule has 1 aromatic carbocycles. The number of aromatic nitrogens is 1. The van der Waals surface area contributed by atoms with E-state index in [1.165, 1.54) is 0 Å². The topological polar surface area (TPSA) is 74.8 Å². The number of anilines is 2. The summed E-state index contributed by atoms with van der Waals surface area (Å²) >= 11 is 0. The molecule has 1 N–H and O–H groups in total. The highest BCUT2D eigenvalue weighted by Crippen LogP contribution is 2.29. The Bertz CT molecular complexity index is 909. The van der Waals surface area contributed by atoms with E-state index in [9.17, 15) is 8.42 Å². The first-order valence-corrected chi connectivity index (χ1v) is 11.0. The first-order valence-electron chi connectivity index (χ1n) is 9.55. The lowest BCUT2D eigenvalue weighted by atomic mass is 10.2. The van der Waals surface area contributed by atoms with Crippen molar-refractivity contribution in [1.82, 2.24) is 9.88 Å². The smallest absolute Gasteiger partial charge is 0.263 e. The first kappa shape index (κ1) is 20.4. The monoisotopic (exact) mass is 404 g/mol. The van der Waals surface area contributed by atoms with Crippen LogP contribution in [0, 0.1) is 6.92 Å². The predicted octanol–water partition coefficient (Wildman–Crippen LogP) is 2.73. The number of aryl methyl sites for hydroxylation is 1. The summed E-state index contributed by atoms with van der Waals surface area (Å²) in [5.41, 5.74) is 0.885. The van der Waals surface area contributed by atoms with E-state index in [1.807, 2.05) is 13.0 Å². The molecule has 8 heteroatoms. The molecule has 7 nitrogen and oxygen atoms in total. The van der Waals surface area contributed by atoms with E-state index in [0.717, 1.165) is 44.7 Å². The molecule has 28 heavy (non-hydrogen) atoms. The van der Waals surface area contributed by atoms with Gasteiger partial charge in [0.1, 0.15) is 5.82 Å². The van der Waals surface area contributed by atoms with Crippen molar-refractivity contribution in [3.63, 3.8) is 0 Å². The van der Waals surface area contributed by atoms with Crippen molar-refractivity contribution < 1.29 is 13.2 Å². The van der Waals surface area contributed by atoms with Gasteiger partial charge in [0.05, 0.1) is 12.0 Å². The molecule has 0 spiro atoms. The van der Waals surface area contributed by atoms with Crippen LogP contribution in [0.4, 0.5) is 11.6 Å². The third-order valence-corrected chi connectivity index (χ3v) is 6.16. The zero-order chi connectivity index (χ0) is 20.1. The van der Waals surface area contributed by atoms with E-state index < -0.39 is 10.0 Å². The summed E-state index contributed by atoms with van der Waals surface area (Å²) in [5, 5.41) is 0. The van der Waals surface area contributed by atoms with Gasteiger partial charge in [0.2, 0.25) is 0 Å². The number of hydrogen-bond acceptors (Lipinski definition) is 6. The molecule has 3 rings (SSSR count). The van der Waals surface area contributed by atoms with Gasteiger partial charge in [-0.25, -0.2) is 13.4 Å². The number of rotatable bonds is 7. The third-order valence-electron chi connectivity index (χ3n) is 4.81. The summed E-state index contributed by atoms with van der Waals surface area (Å²) in [6.45, 7) is 8.71. The molecule has 0 aliphatic carbocycles. The van der Waals surface area contributed by atoms with Crippen molar-refractivity contribution in [3.05, 3.63) is 42.0 Å². The molecule has 0 unspecified atom stereocenters. The molecular weight excluding hydrogens is 376 g/mol. The van der Waals surface area contributed by atoms with Gasteiger partial charge in [-0.05, 0) is 49.7 Å². The summed E-state index contributed by atoms with van der Waals surface area (Å²) < 4.78 is 33.5. The summed E-state index contributed by atoms with van der Waals surface area (Å²) in [6.07, 6.45) is 1.14. The molecule has 152 valence electrons. The molecule has 2 heterocycles. The molecule has 0 amide bonds. The fraction of sp³-hybridized carbons (Fsp3) is 0.450. The summed E-state index contributed by atoms with van der Waals surface area (Å²) in [5.74, 6) is 1.60. The summed E-state index contributed by atoms with van der Waals surface area (Å²) in [7, 11) is -2.10. The van der Waals surface area contributed by atoms with Crippen LogP contribution in [-0.2, 0) is 10.0 Å². The molecule has 1 aromatic heterocycles. The van der Waals surface area contributed by atoms with Crippen molar-refractivity contribution in [2.24, 2.45) is 0 Å². The predicted molar refractivity (Wildman–Crippen MR) is 112 cm³/mol. The molecule has 1 saturated heterocycles. The maximum absolute atomic E-state index is 12.7. The molecule has 0 radical (unpaired) electrons. The Morgan fingerprint density at radius 3 is 2.54 bits per heavy atom. The maximum Gasteiger partial charge on any atom is 0.263 e. The number of piperazine rings is 1. The van der Waals surface area contributed by atoms with Crippen LogP contribution in [0.3, 0.4) is 0 Å². The fourth-order valence-corrected chi connectivity index (χ4v) is 4.46. The Kier molecular flexibility index (Phi) is 6.41. The van der Waals surface area contributed by atoms with Crippen LogP contribution in [0.15, 0.2) is 41.3 Å². The zero-order valence-corrected chi connectivity index (χ0v) is 17.5. The largest absolute Gasteiger partial charge is 0.493 e. The number of ether oxygens (including phenoxy) is 1. The van der Waals surface area contributed by atoms with E-state index in [4.69, 9.17) is 4.74 Å². The van der Waals surface area contributed by atoms with Crippen molar-refractivity contribution in [1.29, 1.82) is 0 Å². The molecule has 0 bridgehead atoms. The second-order valence-corrected chi connectivity index (χ2v) is 8.66. The molecule has 0 saturated carbocycles. The van der Waals surface area contributed by atoms with E-state index >= 15 is 0 Å². The number of nitrogens with zero attached hydrogens (tertiary/aromatic N) is 3. The molecule has 1 aliphatic heterocycles. The van der Waals surface area contributed by atoms with Crippen LogP contribution in [0.25, 0.3) is 0 Å². The van der Waals surface area contributed by atoms with Gasteiger partial charge in [0.15, 0.2) is 11.6 Å². The van der Waals surface area contributed by atoms with Gasteiger partial charge < -0.3 is 9.64 Å². The highest BCUT2D eigenvalue weighted by Gasteiger charge is 2.22. The Morgan fingerprint density at radius 2 is 1.89 bits per heavy atom. The second-order valence-electron chi connectivity index (χ2n) is 6.97. The number of methoxy groups -OCH3 is 1. The average Bonchev–Trinajstić information content (AvgIpc) is 2.68. The molecular formula is C20H28N4O3S. The molecule has 1 aliphatic rings. The van der Waals surface area contributed by atoms with Crippen LogP contribution in [0.5, 0.6) is 5.75 Å². The maximum atomic E-state index is 12.7. The second kappa shape index (κ2) is 8.79. The Hall–Kier alpha value is -2.32. The summed E-state index contributed by atoms with van der Waals surface area (Å²) in [6, 6.07) is 10.2. The van der Waals surface area contributed by atoms with Crippen molar-refractivity contribution in [3.8, 4) is 5.75 Å². The van der Waals surface area contributed by atoms with Crippen molar-refractivity contribution in [2.75, 3.05) is 49.5 Å². The lowest BCUT2D eigenvalue weighted by molar-refractivity contribution is 0.257. The van der Waals surface area contributed by atoms with Gasteiger partial charge in [-0.15, -0.1) is 0 Å². The van der Waals surface area contributed by atoms with Crippen LogP contribution in [0.1, 0.15) is 18.9 Å². The highest BCUT2D eigenvalue weighted by atomic mass is 32.2. The number of hydrogen-bond donors (Lipinski definition) is 1. The van der Waals surface area contributed by atoms with E-state index in [2.05, 4.69) is 26.4 Å². The van der Waals surface area contributed by atoms with Crippen LogP contribution in [0.2, 0.25) is 0 Å². The average molecular weight is 405 g/mol. The standard InChI is InChI=1S/C20H28N4O3S/c1-4-10-23-11-13-24(14-12-23)20-18(27-3)8-9-19(21-20)22-28(25,26)17-7-5-6-16(2)15-17/h5-9,15H,4,10-14H2,1-3H3,(H,21,22). The van der Waals surface area contributed by atoms with E-state index in [-0.39, 0.29) is 10.7 Å². The Labute approximate surface area is 167 Å². The lowest BCUT2D eigenvalue weighted by Gasteiger charge is -2.35. The Balaban J connectivity index is 1.81. The number of nitrogens with one attached hydrogen (secondary N) is 1. The van der Waals surface area contributed by atoms with Gasteiger partial charge in [0, 0.05) is 26.2 Å². The zero-order valence-electron chi connectivity index (χ0n) is 16.7. The van der Waals surface area contributed by atoms with E-state index in [1.54, 1.807) is 37.4 Å². The molecule has 0 atom stereocenters. The normalized spacial score (nSPS) is 15.5. The lowest BCUT2D eigenvalue weighted by Crippen LogP contribution is -2.47. The van der Waals surface area contributed by atoms with Gasteiger partial charge in [-0.2, -0.15) is 0 Å². The number of sulfonamides is 1. The SMILES string of the molecule is CCCN1CCN(c2nc(NS(=O)(=O)c3cccc(C)c3)ccc2OC)CC1. The van der Waals surface area contributed by atoms with Crippen molar-refractivity contribution in [2.45, 2.75) is 25.2 Å². The van der Waals surface area contributed by atoms with Crippen LogP contribution in [-0.4, -0.2) is 58.1 Å². The minimum absolute atomic E-state index is 0.222. The van der Waals surface area contributed by atoms with Gasteiger partial charge in [0.25, 0.3) is 10.0 Å². The first-order chi connectivity index (χ1) is 13.4. The van der Waals surface area contributed by atoms with Crippen molar-refractivity contribution >= 4 is 21.7 Å². The van der Waals surface area contributed by atoms with Crippen LogP contribution < -0.4 is 14.4 Å². The Morgan fingerprint density at radius 1 is 1.14 bits per heavy atom. The molecule has 2 aromatic rings. The minimum Gasteiger partial charge on any atom is -0.493 e.